The summed E-state index contributed by atoms with van der Waals surface area (Å²) in [5.41, 5.74) is 4.19. The van der Waals surface area contributed by atoms with Gasteiger partial charge in [-0.15, -0.1) is 0 Å². The van der Waals surface area contributed by atoms with Gasteiger partial charge in [0.1, 0.15) is 0 Å². The number of likely N-dealkylation sites (N-methyl/N-ethyl adjacent to an activating group) is 1. The third-order valence-electron chi connectivity index (χ3n) is 3.88. The quantitative estimate of drug-likeness (QED) is 0.762. The Morgan fingerprint density at radius 2 is 1.35 bits per heavy atom. The highest BCUT2D eigenvalue weighted by atomic mass is 15.1. The summed E-state index contributed by atoms with van der Waals surface area (Å²) < 4.78 is 0. The van der Waals surface area contributed by atoms with E-state index in [2.05, 4.69) is 87.4 Å². The van der Waals surface area contributed by atoms with Gasteiger partial charge in [0.05, 0.1) is 0 Å². The van der Waals surface area contributed by atoms with Crippen molar-refractivity contribution in [3.8, 4) is 0 Å². The van der Waals surface area contributed by atoms with Crippen molar-refractivity contribution in [3.63, 3.8) is 0 Å². The molecule has 106 valence electrons. The number of nitrogens with zero attached hydrogens (tertiary/aromatic N) is 1. The van der Waals surface area contributed by atoms with Gasteiger partial charge in [-0.3, -0.25) is 0 Å². The van der Waals surface area contributed by atoms with Gasteiger partial charge in [0.2, 0.25) is 0 Å². The van der Waals surface area contributed by atoms with E-state index < -0.39 is 0 Å². The maximum atomic E-state index is 2.30. The lowest BCUT2D eigenvalue weighted by molar-refractivity contribution is 0.297. The lowest BCUT2D eigenvalue weighted by Crippen LogP contribution is -2.22. The SMILES string of the molecule is CC(C)c1ccc(C(Cc2ccccc2)N(C)C)cc1. The molecule has 20 heavy (non-hydrogen) atoms. The van der Waals surface area contributed by atoms with Gasteiger partial charge in [-0.1, -0.05) is 68.4 Å². The first-order valence-corrected chi connectivity index (χ1v) is 7.38. The number of hydrogen-bond donors (Lipinski definition) is 0. The predicted molar refractivity (Wildman–Crippen MR) is 87.1 cm³/mol. The Kier molecular flexibility index (Phi) is 4.97. The van der Waals surface area contributed by atoms with E-state index in [9.17, 15) is 0 Å². The lowest BCUT2D eigenvalue weighted by Gasteiger charge is -2.25. The molecule has 1 nitrogen and oxygen atoms in total. The molecule has 0 aliphatic heterocycles. The first kappa shape index (κ1) is 14.8. The van der Waals surface area contributed by atoms with Crippen molar-refractivity contribution in [1.82, 2.24) is 4.90 Å². The second-order valence-corrected chi connectivity index (χ2v) is 5.99. The van der Waals surface area contributed by atoms with Crippen molar-refractivity contribution in [2.24, 2.45) is 0 Å². The summed E-state index contributed by atoms with van der Waals surface area (Å²) in [6, 6.07) is 20.2. The molecule has 0 saturated heterocycles. The Morgan fingerprint density at radius 3 is 1.85 bits per heavy atom. The van der Waals surface area contributed by atoms with E-state index >= 15 is 0 Å². The van der Waals surface area contributed by atoms with Crippen LogP contribution in [0.5, 0.6) is 0 Å². The van der Waals surface area contributed by atoms with E-state index in [1.807, 2.05) is 0 Å². The Morgan fingerprint density at radius 1 is 0.800 bits per heavy atom. The zero-order valence-electron chi connectivity index (χ0n) is 13.0. The van der Waals surface area contributed by atoms with Gasteiger partial charge in [-0.25, -0.2) is 0 Å². The van der Waals surface area contributed by atoms with Crippen molar-refractivity contribution in [2.45, 2.75) is 32.2 Å². The molecule has 1 atom stereocenters. The van der Waals surface area contributed by atoms with Crippen LogP contribution in [0.1, 0.15) is 42.5 Å². The third kappa shape index (κ3) is 3.71. The van der Waals surface area contributed by atoms with E-state index in [4.69, 9.17) is 0 Å². The fourth-order valence-electron chi connectivity index (χ4n) is 2.54. The molecule has 1 heteroatoms. The van der Waals surface area contributed by atoms with Gasteiger partial charge in [0.15, 0.2) is 0 Å². The van der Waals surface area contributed by atoms with Crippen LogP contribution in [0.4, 0.5) is 0 Å². The Bertz CT molecular complexity index is 511. The fraction of sp³-hybridized carbons (Fsp3) is 0.368. The molecule has 0 N–H and O–H groups in total. The minimum absolute atomic E-state index is 0.429. The molecule has 0 aliphatic carbocycles. The van der Waals surface area contributed by atoms with Crippen molar-refractivity contribution in [2.75, 3.05) is 14.1 Å². The molecule has 2 aromatic carbocycles. The van der Waals surface area contributed by atoms with Crippen LogP contribution in [-0.2, 0) is 6.42 Å². The van der Waals surface area contributed by atoms with Gasteiger partial charge in [-0.05, 0) is 43.1 Å². The number of hydrogen-bond acceptors (Lipinski definition) is 1. The average molecular weight is 267 g/mol. The molecule has 0 fully saturated rings. The molecule has 0 radical (unpaired) electrons. The van der Waals surface area contributed by atoms with Crippen LogP contribution in [0, 0.1) is 0 Å². The molecule has 0 spiro atoms. The molecular weight excluding hydrogens is 242 g/mol. The van der Waals surface area contributed by atoms with E-state index in [1.54, 1.807) is 0 Å². The Hall–Kier alpha value is -1.60. The molecule has 0 saturated carbocycles. The largest absolute Gasteiger partial charge is 0.302 e. The number of rotatable bonds is 5. The molecule has 1 unspecified atom stereocenters. The van der Waals surface area contributed by atoms with E-state index in [0.29, 0.717) is 12.0 Å². The monoisotopic (exact) mass is 267 g/mol. The van der Waals surface area contributed by atoms with Crippen molar-refractivity contribution in [3.05, 3.63) is 71.3 Å². The lowest BCUT2D eigenvalue weighted by atomic mass is 9.95. The van der Waals surface area contributed by atoms with Crippen LogP contribution < -0.4 is 0 Å². The van der Waals surface area contributed by atoms with E-state index in [1.165, 1.54) is 16.7 Å². The van der Waals surface area contributed by atoms with Gasteiger partial charge in [0.25, 0.3) is 0 Å². The average Bonchev–Trinajstić information content (AvgIpc) is 2.45. The summed E-state index contributed by atoms with van der Waals surface area (Å²) in [4.78, 5) is 2.30. The van der Waals surface area contributed by atoms with Crippen LogP contribution in [-0.4, -0.2) is 19.0 Å². The van der Waals surface area contributed by atoms with Gasteiger partial charge in [0, 0.05) is 6.04 Å². The third-order valence-corrected chi connectivity index (χ3v) is 3.88. The molecule has 0 bridgehead atoms. The maximum Gasteiger partial charge on any atom is 0.0382 e. The van der Waals surface area contributed by atoms with Gasteiger partial charge in [-0.2, -0.15) is 0 Å². The van der Waals surface area contributed by atoms with Crippen LogP contribution in [0.25, 0.3) is 0 Å². The van der Waals surface area contributed by atoms with Crippen molar-refractivity contribution < 1.29 is 0 Å². The summed E-state index contributed by atoms with van der Waals surface area (Å²) in [5.74, 6) is 0.593. The van der Waals surface area contributed by atoms with Gasteiger partial charge < -0.3 is 4.90 Å². The molecule has 0 amide bonds. The molecule has 0 aliphatic rings. The van der Waals surface area contributed by atoms with E-state index in [0.717, 1.165) is 6.42 Å². The zero-order valence-corrected chi connectivity index (χ0v) is 13.0. The molecule has 2 aromatic rings. The standard InChI is InChI=1S/C19H25N/c1-15(2)17-10-12-18(13-11-17)19(20(3)4)14-16-8-6-5-7-9-16/h5-13,15,19H,14H2,1-4H3. The fourth-order valence-corrected chi connectivity index (χ4v) is 2.54. The second kappa shape index (κ2) is 6.71. The van der Waals surface area contributed by atoms with Crippen molar-refractivity contribution in [1.29, 1.82) is 0 Å². The number of benzene rings is 2. The van der Waals surface area contributed by atoms with Crippen LogP contribution in [0.3, 0.4) is 0 Å². The normalized spacial score (nSPS) is 12.9. The molecule has 0 heterocycles. The highest BCUT2D eigenvalue weighted by Gasteiger charge is 2.14. The minimum atomic E-state index is 0.429. The maximum absolute atomic E-state index is 2.30. The predicted octanol–water partition coefficient (Wildman–Crippen LogP) is 4.66. The highest BCUT2D eigenvalue weighted by Crippen LogP contribution is 2.25. The summed E-state index contributed by atoms with van der Waals surface area (Å²) >= 11 is 0. The summed E-state index contributed by atoms with van der Waals surface area (Å²) in [5, 5.41) is 0. The minimum Gasteiger partial charge on any atom is -0.302 e. The smallest absolute Gasteiger partial charge is 0.0382 e. The van der Waals surface area contributed by atoms with Crippen molar-refractivity contribution >= 4 is 0 Å². The second-order valence-electron chi connectivity index (χ2n) is 5.99. The zero-order chi connectivity index (χ0) is 14.5. The Labute approximate surface area is 123 Å². The molecule has 2 rings (SSSR count). The van der Waals surface area contributed by atoms with Crippen LogP contribution in [0.2, 0.25) is 0 Å². The van der Waals surface area contributed by atoms with Crippen LogP contribution in [0.15, 0.2) is 54.6 Å². The Balaban J connectivity index is 2.20. The highest BCUT2D eigenvalue weighted by molar-refractivity contribution is 5.28. The first-order valence-electron chi connectivity index (χ1n) is 7.38. The molecular formula is C19H25N. The summed E-state index contributed by atoms with van der Waals surface area (Å²) in [7, 11) is 4.31. The first-order chi connectivity index (χ1) is 9.58. The van der Waals surface area contributed by atoms with Crippen LogP contribution >= 0.6 is 0 Å². The van der Waals surface area contributed by atoms with E-state index in [-0.39, 0.29) is 0 Å². The topological polar surface area (TPSA) is 3.24 Å². The van der Waals surface area contributed by atoms with Gasteiger partial charge >= 0.3 is 0 Å². The summed E-state index contributed by atoms with van der Waals surface area (Å²) in [6.45, 7) is 4.48. The summed E-state index contributed by atoms with van der Waals surface area (Å²) in [6.07, 6.45) is 1.05. The molecule has 0 aromatic heterocycles.